The third-order valence-electron chi connectivity index (χ3n) is 2.33. The molecule has 0 aliphatic carbocycles. The van der Waals surface area contributed by atoms with Crippen LogP contribution in [0.2, 0.25) is 0 Å². The summed E-state index contributed by atoms with van der Waals surface area (Å²) in [5.74, 6) is 0.608. The van der Waals surface area contributed by atoms with Gasteiger partial charge in [-0.1, -0.05) is 33.3 Å². The zero-order valence-corrected chi connectivity index (χ0v) is 11.0. The van der Waals surface area contributed by atoms with Crippen molar-refractivity contribution < 1.29 is 9.53 Å². The van der Waals surface area contributed by atoms with Gasteiger partial charge >= 0.3 is 29.9 Å². The van der Waals surface area contributed by atoms with Crippen LogP contribution in [0.1, 0.15) is 48.5 Å². The first-order valence-electron chi connectivity index (χ1n) is 5.69. The molecule has 0 aromatic rings. The van der Waals surface area contributed by atoms with Crippen molar-refractivity contribution in [1.29, 1.82) is 0 Å². The summed E-state index contributed by atoms with van der Waals surface area (Å²) in [4.78, 5) is 11.7. The molecule has 0 aromatic carbocycles. The van der Waals surface area contributed by atoms with Crippen LogP contribution in [0.15, 0.2) is 11.1 Å². The van der Waals surface area contributed by atoms with E-state index in [-0.39, 0.29) is 36.0 Å². The monoisotopic (exact) mass is 336 g/mol. The van der Waals surface area contributed by atoms with E-state index in [1.165, 1.54) is 5.57 Å². The van der Waals surface area contributed by atoms with Crippen molar-refractivity contribution >= 4 is 29.9 Å². The van der Waals surface area contributed by atoms with Crippen LogP contribution >= 0.6 is 0 Å². The van der Waals surface area contributed by atoms with Crippen molar-refractivity contribution in [2.75, 3.05) is 0 Å². The zero-order valence-electron chi connectivity index (χ0n) is 11.0. The molecule has 0 aromatic heterocycles. The van der Waals surface area contributed by atoms with E-state index in [0.717, 1.165) is 5.57 Å². The molecule has 0 amide bonds. The summed E-state index contributed by atoms with van der Waals surface area (Å²) < 4.78 is 5.20. The van der Waals surface area contributed by atoms with E-state index in [0.29, 0.717) is 11.8 Å². The fraction of sp³-hybridized carbons (Fsp3) is 0.769. The molecule has 2 nitrogen and oxygen atoms in total. The Hall–Kier alpha value is 0.00870. The van der Waals surface area contributed by atoms with Crippen molar-refractivity contribution in [3.05, 3.63) is 11.1 Å². The summed E-state index contributed by atoms with van der Waals surface area (Å²) in [5, 5.41) is 0. The van der Waals surface area contributed by atoms with Crippen molar-refractivity contribution in [3.63, 3.8) is 0 Å². The van der Waals surface area contributed by atoms with Crippen LogP contribution < -0.4 is 0 Å². The molecular formula is C13H28O2Sn. The Kier molecular flexibility index (Phi) is 9.36. The van der Waals surface area contributed by atoms with Crippen molar-refractivity contribution in [3.8, 4) is 0 Å². The first-order valence-corrected chi connectivity index (χ1v) is 5.69. The van der Waals surface area contributed by atoms with Crippen LogP contribution in [-0.4, -0.2) is 36.0 Å². The minimum absolute atomic E-state index is 0. The molecule has 3 heteroatoms. The number of ether oxygens (including phenoxy) is 1. The Morgan fingerprint density at radius 1 is 0.938 bits per heavy atom. The number of rotatable bonds is 4. The molecule has 96 valence electrons. The number of carbonyl (C=O) groups excluding carboxylic acids is 1. The fourth-order valence-corrected chi connectivity index (χ4v) is 1.95. The average molecular weight is 335 g/mol. The fourth-order valence-electron chi connectivity index (χ4n) is 1.95. The van der Waals surface area contributed by atoms with Gasteiger partial charge in [0.05, 0.1) is 6.10 Å². The molecule has 0 aliphatic heterocycles. The molecule has 0 saturated carbocycles. The summed E-state index contributed by atoms with van der Waals surface area (Å²) in [6.45, 7) is 14.1. The van der Waals surface area contributed by atoms with E-state index >= 15 is 0 Å². The number of esters is 1. The van der Waals surface area contributed by atoms with Gasteiger partial charge in [0.25, 0.3) is 0 Å². The van der Waals surface area contributed by atoms with Gasteiger partial charge in [-0.05, 0) is 32.6 Å². The van der Waals surface area contributed by atoms with Crippen molar-refractivity contribution in [2.24, 2.45) is 11.8 Å². The molecular weight excluding hydrogens is 307 g/mol. The Balaban J connectivity index is 0. The second kappa shape index (κ2) is 8.15. The molecule has 0 fully saturated rings. The predicted molar refractivity (Wildman–Crippen MR) is 74.9 cm³/mol. The van der Waals surface area contributed by atoms with E-state index in [1.807, 2.05) is 20.8 Å². The van der Waals surface area contributed by atoms with Gasteiger partial charge in [0.2, 0.25) is 0 Å². The summed E-state index contributed by atoms with van der Waals surface area (Å²) in [6.07, 6.45) is -0.0481. The first kappa shape index (κ1) is 18.4. The predicted octanol–water partition coefficient (Wildman–Crippen LogP) is 2.11. The molecule has 16 heavy (non-hydrogen) atoms. The SMILES string of the molecule is CC(C(=O)OC(C)C)=C(C(C)C)C(C)C.[SnH4]. The van der Waals surface area contributed by atoms with Crippen molar-refractivity contribution in [1.82, 2.24) is 0 Å². The zero-order chi connectivity index (χ0) is 12.2. The van der Waals surface area contributed by atoms with Gasteiger partial charge in [-0.15, -0.1) is 0 Å². The number of hydrogen-bond donors (Lipinski definition) is 0. The topological polar surface area (TPSA) is 26.3 Å². The van der Waals surface area contributed by atoms with Crippen LogP contribution in [0.4, 0.5) is 0 Å². The minimum atomic E-state index is -0.178. The van der Waals surface area contributed by atoms with Crippen LogP contribution in [0, 0.1) is 11.8 Å². The Labute approximate surface area is 117 Å². The van der Waals surface area contributed by atoms with Gasteiger partial charge in [0.1, 0.15) is 0 Å². The normalized spacial score (nSPS) is 10.4. The molecule has 0 aliphatic rings. The molecule has 0 unspecified atom stereocenters. The Bertz CT molecular complexity index is 243. The van der Waals surface area contributed by atoms with Crippen molar-refractivity contribution in [2.45, 2.75) is 54.6 Å². The average Bonchev–Trinajstić information content (AvgIpc) is 2.00. The van der Waals surface area contributed by atoms with Gasteiger partial charge < -0.3 is 4.74 Å². The number of hydrogen-bond acceptors (Lipinski definition) is 2. The second-order valence-corrected chi connectivity index (χ2v) is 4.84. The van der Waals surface area contributed by atoms with E-state index < -0.39 is 0 Å². The molecule has 0 heterocycles. The summed E-state index contributed by atoms with van der Waals surface area (Å²) in [7, 11) is 0. The summed E-state index contributed by atoms with van der Waals surface area (Å²) in [5.41, 5.74) is 1.97. The summed E-state index contributed by atoms with van der Waals surface area (Å²) in [6, 6.07) is 0. The molecule has 0 N–H and O–H groups in total. The summed E-state index contributed by atoms with van der Waals surface area (Å²) >= 11 is 0. The molecule has 0 bridgehead atoms. The Morgan fingerprint density at radius 3 is 1.56 bits per heavy atom. The van der Waals surface area contributed by atoms with Gasteiger partial charge in [-0.3, -0.25) is 0 Å². The third-order valence-corrected chi connectivity index (χ3v) is 2.33. The quantitative estimate of drug-likeness (QED) is 0.447. The van der Waals surface area contributed by atoms with Gasteiger partial charge in [-0.2, -0.15) is 0 Å². The first-order chi connectivity index (χ1) is 6.77. The molecule has 0 atom stereocenters. The van der Waals surface area contributed by atoms with Crippen LogP contribution in [0.3, 0.4) is 0 Å². The maximum absolute atomic E-state index is 11.7. The third kappa shape index (κ3) is 5.92. The number of allylic oxidation sites excluding steroid dienone is 1. The molecule has 0 saturated heterocycles. The molecule has 0 spiro atoms. The molecule has 0 radical (unpaired) electrons. The number of carbonyl (C=O) groups is 1. The Morgan fingerprint density at radius 2 is 1.31 bits per heavy atom. The van der Waals surface area contributed by atoms with Crippen LogP contribution in [-0.2, 0) is 9.53 Å². The van der Waals surface area contributed by atoms with Gasteiger partial charge in [-0.25, -0.2) is 4.79 Å². The second-order valence-electron chi connectivity index (χ2n) is 4.84. The van der Waals surface area contributed by atoms with Gasteiger partial charge in [0.15, 0.2) is 0 Å². The van der Waals surface area contributed by atoms with E-state index in [2.05, 4.69) is 27.7 Å². The van der Waals surface area contributed by atoms with Gasteiger partial charge in [0, 0.05) is 5.57 Å². The standard InChI is InChI=1S/C13H24O2.Sn.4H/c1-8(2)12(9(3)4)11(7)13(14)15-10(5)6;;;;;/h8-10H,1-7H3;;;;;. The van der Waals surface area contributed by atoms with E-state index in [4.69, 9.17) is 4.74 Å². The van der Waals surface area contributed by atoms with E-state index in [1.54, 1.807) is 0 Å². The maximum atomic E-state index is 11.7. The molecule has 0 rings (SSSR count). The van der Waals surface area contributed by atoms with E-state index in [9.17, 15) is 4.79 Å². The van der Waals surface area contributed by atoms with Crippen LogP contribution in [0.5, 0.6) is 0 Å². The van der Waals surface area contributed by atoms with Crippen LogP contribution in [0.25, 0.3) is 0 Å².